The van der Waals surface area contributed by atoms with Crippen molar-refractivity contribution in [1.29, 1.82) is 0 Å². The van der Waals surface area contributed by atoms with Crippen LogP contribution in [0.1, 0.15) is 25.2 Å². The molecule has 5 heteroatoms. The SMILES string of the molecule is Cc1cc(NCC(=O)N(Cc2ccccc2)C(C)C)no1. The Morgan fingerprint density at radius 1 is 1.33 bits per heavy atom. The fraction of sp³-hybridized carbons (Fsp3) is 0.375. The van der Waals surface area contributed by atoms with E-state index in [0.717, 1.165) is 11.3 Å². The molecule has 1 heterocycles. The molecule has 0 fully saturated rings. The summed E-state index contributed by atoms with van der Waals surface area (Å²) in [5, 5.41) is 6.81. The molecule has 5 nitrogen and oxygen atoms in total. The van der Waals surface area contributed by atoms with Crippen molar-refractivity contribution in [1.82, 2.24) is 10.1 Å². The Kier molecular flexibility index (Phi) is 4.98. The van der Waals surface area contributed by atoms with Crippen LogP contribution in [0.4, 0.5) is 5.82 Å². The van der Waals surface area contributed by atoms with Crippen LogP contribution in [0.15, 0.2) is 40.9 Å². The van der Waals surface area contributed by atoms with E-state index in [1.165, 1.54) is 0 Å². The average molecular weight is 287 g/mol. The van der Waals surface area contributed by atoms with Gasteiger partial charge in [0.05, 0.1) is 6.54 Å². The zero-order valence-corrected chi connectivity index (χ0v) is 12.7. The van der Waals surface area contributed by atoms with Crippen molar-refractivity contribution in [2.24, 2.45) is 0 Å². The second kappa shape index (κ2) is 6.92. The Bertz CT molecular complexity index is 578. The van der Waals surface area contributed by atoms with Crippen LogP contribution < -0.4 is 5.32 Å². The summed E-state index contributed by atoms with van der Waals surface area (Å²) in [6.07, 6.45) is 0. The molecular weight excluding hydrogens is 266 g/mol. The van der Waals surface area contributed by atoms with Gasteiger partial charge in [-0.15, -0.1) is 0 Å². The van der Waals surface area contributed by atoms with Gasteiger partial charge in [-0.1, -0.05) is 35.5 Å². The Balaban J connectivity index is 1.95. The summed E-state index contributed by atoms with van der Waals surface area (Å²) < 4.78 is 4.96. The van der Waals surface area contributed by atoms with Crippen LogP contribution in [0.25, 0.3) is 0 Å². The molecule has 1 aromatic carbocycles. The molecule has 2 rings (SSSR count). The number of amides is 1. The second-order valence-electron chi connectivity index (χ2n) is 5.28. The normalized spacial score (nSPS) is 10.7. The summed E-state index contributed by atoms with van der Waals surface area (Å²) >= 11 is 0. The van der Waals surface area contributed by atoms with E-state index < -0.39 is 0 Å². The van der Waals surface area contributed by atoms with Crippen molar-refractivity contribution in [2.75, 3.05) is 11.9 Å². The molecule has 21 heavy (non-hydrogen) atoms. The Labute approximate surface area is 124 Å². The van der Waals surface area contributed by atoms with Crippen molar-refractivity contribution >= 4 is 11.7 Å². The summed E-state index contributed by atoms with van der Waals surface area (Å²) in [4.78, 5) is 14.2. The van der Waals surface area contributed by atoms with Crippen LogP contribution in [-0.4, -0.2) is 28.6 Å². The summed E-state index contributed by atoms with van der Waals surface area (Å²) in [5.41, 5.74) is 1.12. The molecule has 1 N–H and O–H groups in total. The maximum Gasteiger partial charge on any atom is 0.242 e. The molecule has 0 radical (unpaired) electrons. The number of carbonyl (C=O) groups is 1. The minimum atomic E-state index is 0.0366. The number of carbonyl (C=O) groups excluding carboxylic acids is 1. The van der Waals surface area contributed by atoms with Crippen LogP contribution in [0.2, 0.25) is 0 Å². The first kappa shape index (κ1) is 15.1. The van der Waals surface area contributed by atoms with E-state index in [1.54, 1.807) is 6.07 Å². The average Bonchev–Trinajstić information content (AvgIpc) is 2.89. The zero-order chi connectivity index (χ0) is 15.2. The van der Waals surface area contributed by atoms with Crippen LogP contribution in [-0.2, 0) is 11.3 Å². The molecule has 0 aliphatic rings. The van der Waals surface area contributed by atoms with Crippen molar-refractivity contribution < 1.29 is 9.32 Å². The number of hydrogen-bond donors (Lipinski definition) is 1. The minimum absolute atomic E-state index is 0.0366. The van der Waals surface area contributed by atoms with Gasteiger partial charge in [0, 0.05) is 18.7 Å². The van der Waals surface area contributed by atoms with E-state index in [1.807, 2.05) is 56.0 Å². The highest BCUT2D eigenvalue weighted by Gasteiger charge is 2.17. The smallest absolute Gasteiger partial charge is 0.242 e. The van der Waals surface area contributed by atoms with E-state index in [-0.39, 0.29) is 18.5 Å². The van der Waals surface area contributed by atoms with Gasteiger partial charge >= 0.3 is 0 Å². The highest BCUT2D eigenvalue weighted by atomic mass is 16.5. The summed E-state index contributed by atoms with van der Waals surface area (Å²) in [6, 6.07) is 11.9. The second-order valence-corrected chi connectivity index (χ2v) is 5.28. The number of aryl methyl sites for hydroxylation is 1. The lowest BCUT2D eigenvalue weighted by molar-refractivity contribution is -0.131. The molecule has 1 aromatic heterocycles. The molecule has 2 aromatic rings. The first-order chi connectivity index (χ1) is 10.1. The fourth-order valence-electron chi connectivity index (χ4n) is 2.06. The van der Waals surface area contributed by atoms with Gasteiger partial charge in [-0.2, -0.15) is 0 Å². The van der Waals surface area contributed by atoms with Crippen LogP contribution in [0.3, 0.4) is 0 Å². The quantitative estimate of drug-likeness (QED) is 0.887. The lowest BCUT2D eigenvalue weighted by Crippen LogP contribution is -2.39. The number of nitrogens with zero attached hydrogens (tertiary/aromatic N) is 2. The maximum absolute atomic E-state index is 12.4. The first-order valence-corrected chi connectivity index (χ1v) is 7.07. The van der Waals surface area contributed by atoms with Crippen LogP contribution >= 0.6 is 0 Å². The molecule has 0 saturated carbocycles. The van der Waals surface area contributed by atoms with Gasteiger partial charge < -0.3 is 14.7 Å². The topological polar surface area (TPSA) is 58.4 Å². The van der Waals surface area contributed by atoms with Gasteiger partial charge in [-0.25, -0.2) is 0 Å². The predicted octanol–water partition coefficient (Wildman–Crippen LogP) is 2.83. The Hall–Kier alpha value is -2.30. The van der Waals surface area contributed by atoms with Crippen molar-refractivity contribution in [3.8, 4) is 0 Å². The summed E-state index contributed by atoms with van der Waals surface area (Å²) in [7, 11) is 0. The summed E-state index contributed by atoms with van der Waals surface area (Å²) in [5.74, 6) is 1.34. The Morgan fingerprint density at radius 3 is 2.62 bits per heavy atom. The van der Waals surface area contributed by atoms with E-state index >= 15 is 0 Å². The van der Waals surface area contributed by atoms with E-state index in [9.17, 15) is 4.79 Å². The number of aromatic nitrogens is 1. The Morgan fingerprint density at radius 2 is 2.05 bits per heavy atom. The van der Waals surface area contributed by atoms with Crippen LogP contribution in [0.5, 0.6) is 0 Å². The first-order valence-electron chi connectivity index (χ1n) is 7.07. The van der Waals surface area contributed by atoms with Crippen molar-refractivity contribution in [2.45, 2.75) is 33.4 Å². The van der Waals surface area contributed by atoms with Gasteiger partial charge in [0.1, 0.15) is 5.76 Å². The van der Waals surface area contributed by atoms with Gasteiger partial charge in [0.25, 0.3) is 0 Å². The van der Waals surface area contributed by atoms with E-state index in [2.05, 4.69) is 10.5 Å². The molecule has 0 unspecified atom stereocenters. The standard InChI is InChI=1S/C16H21N3O2/c1-12(2)19(11-14-7-5-4-6-8-14)16(20)10-17-15-9-13(3)21-18-15/h4-9,12H,10-11H2,1-3H3,(H,17,18). The molecule has 112 valence electrons. The summed E-state index contributed by atoms with van der Waals surface area (Å²) in [6.45, 7) is 6.66. The molecule has 0 aliphatic heterocycles. The number of anilines is 1. The van der Waals surface area contributed by atoms with Crippen molar-refractivity contribution in [3.63, 3.8) is 0 Å². The van der Waals surface area contributed by atoms with Gasteiger partial charge in [0.15, 0.2) is 5.82 Å². The fourth-order valence-corrected chi connectivity index (χ4v) is 2.06. The number of hydrogen-bond acceptors (Lipinski definition) is 4. The van der Waals surface area contributed by atoms with Crippen molar-refractivity contribution in [3.05, 3.63) is 47.7 Å². The lowest BCUT2D eigenvalue weighted by Gasteiger charge is -2.27. The third kappa shape index (κ3) is 4.34. The highest BCUT2D eigenvalue weighted by Crippen LogP contribution is 2.10. The minimum Gasteiger partial charge on any atom is -0.360 e. The zero-order valence-electron chi connectivity index (χ0n) is 12.7. The number of rotatable bonds is 6. The molecule has 0 saturated heterocycles. The van der Waals surface area contributed by atoms with E-state index in [4.69, 9.17) is 4.52 Å². The maximum atomic E-state index is 12.4. The van der Waals surface area contributed by atoms with E-state index in [0.29, 0.717) is 12.4 Å². The number of nitrogens with one attached hydrogen (secondary N) is 1. The van der Waals surface area contributed by atoms with Gasteiger partial charge in [0.2, 0.25) is 5.91 Å². The third-order valence-corrected chi connectivity index (χ3v) is 3.19. The molecule has 1 amide bonds. The highest BCUT2D eigenvalue weighted by molar-refractivity contribution is 5.80. The molecule has 0 aliphatic carbocycles. The molecule has 0 spiro atoms. The lowest BCUT2D eigenvalue weighted by atomic mass is 10.2. The largest absolute Gasteiger partial charge is 0.360 e. The van der Waals surface area contributed by atoms with Gasteiger partial charge in [-0.3, -0.25) is 4.79 Å². The third-order valence-electron chi connectivity index (χ3n) is 3.19. The molecule has 0 bridgehead atoms. The number of benzene rings is 1. The van der Waals surface area contributed by atoms with Gasteiger partial charge in [-0.05, 0) is 26.3 Å². The monoisotopic (exact) mass is 287 g/mol. The predicted molar refractivity (Wildman–Crippen MR) is 81.9 cm³/mol. The molecular formula is C16H21N3O2. The van der Waals surface area contributed by atoms with Crippen LogP contribution in [0, 0.1) is 6.92 Å². The molecule has 0 atom stereocenters.